The second kappa shape index (κ2) is 5.51. The van der Waals surface area contributed by atoms with Gasteiger partial charge in [0.1, 0.15) is 6.04 Å². The number of rotatable bonds is 2. The van der Waals surface area contributed by atoms with Crippen molar-refractivity contribution in [3.63, 3.8) is 0 Å². The van der Waals surface area contributed by atoms with Gasteiger partial charge in [-0.25, -0.2) is 14.9 Å². The second-order valence-electron chi connectivity index (χ2n) is 6.85. The number of carbonyl (C=O) groups excluding carboxylic acids is 2. The van der Waals surface area contributed by atoms with Gasteiger partial charge in [-0.15, -0.1) is 0 Å². The van der Waals surface area contributed by atoms with Crippen LogP contribution < -0.4 is 4.90 Å². The van der Waals surface area contributed by atoms with Gasteiger partial charge in [0.2, 0.25) is 5.91 Å². The minimum atomic E-state index is -0.375. The molecule has 2 amide bonds. The summed E-state index contributed by atoms with van der Waals surface area (Å²) in [5.74, 6) is -0.508. The minimum Gasteiger partial charge on any atom is -0.274 e. The molecule has 0 spiro atoms. The minimum absolute atomic E-state index is 0.0566. The first-order valence-electron chi connectivity index (χ1n) is 8.78. The number of hydrogen-bond acceptors (Lipinski definition) is 4. The summed E-state index contributed by atoms with van der Waals surface area (Å²) in [5, 5.41) is 4.37. The lowest BCUT2D eigenvalue weighted by Crippen LogP contribution is -2.44. The van der Waals surface area contributed by atoms with Crippen molar-refractivity contribution in [1.82, 2.24) is 10.0 Å². The highest BCUT2D eigenvalue weighted by atomic mass is 16.2. The number of imide groups is 1. The van der Waals surface area contributed by atoms with E-state index in [1.807, 2.05) is 48.5 Å². The zero-order valence-corrected chi connectivity index (χ0v) is 13.8. The Morgan fingerprint density at radius 1 is 0.720 bits per heavy atom. The average Bonchev–Trinajstić information content (AvgIpc) is 3.29. The fourth-order valence-electron chi connectivity index (χ4n) is 4.60. The van der Waals surface area contributed by atoms with E-state index in [-0.39, 0.29) is 29.8 Å². The van der Waals surface area contributed by atoms with Crippen molar-refractivity contribution >= 4 is 17.5 Å². The van der Waals surface area contributed by atoms with Crippen LogP contribution in [0, 0.1) is 5.92 Å². The van der Waals surface area contributed by atoms with Gasteiger partial charge in [0.25, 0.3) is 5.91 Å². The van der Waals surface area contributed by atoms with Crippen molar-refractivity contribution in [3.8, 4) is 0 Å². The molecular weight excluding hydrogens is 314 g/mol. The average molecular weight is 333 g/mol. The topological polar surface area (TPSA) is 43.9 Å². The molecule has 5 rings (SSSR count). The summed E-state index contributed by atoms with van der Waals surface area (Å²) in [6, 6.07) is 18.9. The van der Waals surface area contributed by atoms with Crippen LogP contribution in [-0.4, -0.2) is 41.0 Å². The van der Waals surface area contributed by atoms with Gasteiger partial charge in [-0.05, 0) is 24.1 Å². The van der Waals surface area contributed by atoms with Crippen LogP contribution in [-0.2, 0) is 9.59 Å². The fraction of sp³-hybridized carbons (Fsp3) is 0.300. The summed E-state index contributed by atoms with van der Waals surface area (Å²) >= 11 is 0. The van der Waals surface area contributed by atoms with Crippen LogP contribution in [0.15, 0.2) is 60.7 Å². The van der Waals surface area contributed by atoms with Gasteiger partial charge in [0, 0.05) is 13.1 Å². The number of benzene rings is 2. The molecule has 126 valence electrons. The maximum atomic E-state index is 13.3. The predicted molar refractivity (Wildman–Crippen MR) is 93.4 cm³/mol. The van der Waals surface area contributed by atoms with E-state index in [1.54, 1.807) is 0 Å². The molecule has 3 fully saturated rings. The maximum absolute atomic E-state index is 13.3. The van der Waals surface area contributed by atoms with Gasteiger partial charge < -0.3 is 0 Å². The van der Waals surface area contributed by atoms with E-state index in [1.165, 1.54) is 4.90 Å². The lowest BCUT2D eigenvalue weighted by Gasteiger charge is -2.29. The smallest absolute Gasteiger partial charge is 0.253 e. The van der Waals surface area contributed by atoms with E-state index < -0.39 is 0 Å². The monoisotopic (exact) mass is 333 g/mol. The molecule has 5 nitrogen and oxygen atoms in total. The van der Waals surface area contributed by atoms with Crippen LogP contribution in [0.4, 0.5) is 5.69 Å². The largest absolute Gasteiger partial charge is 0.274 e. The number of hydrazine groups is 1. The lowest BCUT2D eigenvalue weighted by atomic mass is 9.90. The number of amides is 2. The molecule has 0 aliphatic carbocycles. The Morgan fingerprint density at radius 2 is 1.32 bits per heavy atom. The molecule has 3 heterocycles. The summed E-state index contributed by atoms with van der Waals surface area (Å²) in [6.07, 6.45) is 1.03. The first-order valence-corrected chi connectivity index (χ1v) is 8.78. The number of hydrogen-bond donors (Lipinski definition) is 0. The lowest BCUT2D eigenvalue weighted by molar-refractivity contribution is -0.126. The summed E-state index contributed by atoms with van der Waals surface area (Å²) in [5.41, 5.74) is 1.78. The van der Waals surface area contributed by atoms with Crippen LogP contribution in [0.3, 0.4) is 0 Å². The van der Waals surface area contributed by atoms with Gasteiger partial charge >= 0.3 is 0 Å². The molecule has 2 aromatic rings. The Hall–Kier alpha value is -2.50. The molecular formula is C20H19N3O2. The highest BCUT2D eigenvalue weighted by Gasteiger charge is 2.62. The van der Waals surface area contributed by atoms with Crippen LogP contribution in [0.2, 0.25) is 0 Å². The molecule has 25 heavy (non-hydrogen) atoms. The molecule has 2 aromatic carbocycles. The first kappa shape index (κ1) is 14.8. The summed E-state index contributed by atoms with van der Waals surface area (Å²) < 4.78 is 0. The van der Waals surface area contributed by atoms with Crippen molar-refractivity contribution in [1.29, 1.82) is 0 Å². The van der Waals surface area contributed by atoms with Gasteiger partial charge in [0.15, 0.2) is 0 Å². The van der Waals surface area contributed by atoms with Crippen LogP contribution in [0.5, 0.6) is 0 Å². The molecule has 0 N–H and O–H groups in total. The summed E-state index contributed by atoms with van der Waals surface area (Å²) in [6.45, 7) is 1.74. The number of anilines is 1. The molecule has 0 unspecified atom stereocenters. The fourth-order valence-corrected chi connectivity index (χ4v) is 4.60. The number of nitrogens with zero attached hydrogens (tertiary/aromatic N) is 3. The van der Waals surface area contributed by atoms with E-state index in [2.05, 4.69) is 22.2 Å². The quantitative estimate of drug-likeness (QED) is 0.791. The normalized spacial score (nSPS) is 29.3. The molecule has 3 aliphatic heterocycles. The van der Waals surface area contributed by atoms with E-state index in [9.17, 15) is 9.59 Å². The molecule has 5 heteroatoms. The van der Waals surface area contributed by atoms with Gasteiger partial charge in [-0.2, -0.15) is 0 Å². The van der Waals surface area contributed by atoms with E-state index in [0.29, 0.717) is 5.69 Å². The highest BCUT2D eigenvalue weighted by molar-refractivity contribution is 6.24. The maximum Gasteiger partial charge on any atom is 0.253 e. The Labute approximate surface area is 146 Å². The SMILES string of the molecule is O=C1[C@@H]2[C@@H](C(=O)N1c1ccccc1)N1CCCN1[C@@H]2c1ccccc1. The predicted octanol–water partition coefficient (Wildman–Crippen LogP) is 2.22. The molecule has 3 aliphatic rings. The molecule has 3 atom stereocenters. The molecule has 0 radical (unpaired) electrons. The molecule has 0 aromatic heterocycles. The first-order chi connectivity index (χ1) is 12.3. The molecule has 3 saturated heterocycles. The van der Waals surface area contributed by atoms with E-state index >= 15 is 0 Å². The third kappa shape index (κ3) is 2.03. The van der Waals surface area contributed by atoms with Crippen molar-refractivity contribution in [2.45, 2.75) is 18.5 Å². The van der Waals surface area contributed by atoms with E-state index in [0.717, 1.165) is 25.1 Å². The number of carbonyl (C=O) groups is 2. The number of fused-ring (bicyclic) bond motifs is 3. The Bertz CT molecular complexity index is 823. The van der Waals surface area contributed by atoms with Gasteiger partial charge in [0.05, 0.1) is 17.6 Å². The van der Waals surface area contributed by atoms with Crippen molar-refractivity contribution < 1.29 is 9.59 Å². The zero-order chi connectivity index (χ0) is 17.0. The van der Waals surface area contributed by atoms with Crippen LogP contribution in [0.25, 0.3) is 0 Å². The Kier molecular flexibility index (Phi) is 3.26. The molecule has 0 saturated carbocycles. The summed E-state index contributed by atoms with van der Waals surface area (Å²) in [7, 11) is 0. The second-order valence-corrected chi connectivity index (χ2v) is 6.85. The van der Waals surface area contributed by atoms with Crippen LogP contribution in [0.1, 0.15) is 18.0 Å². The highest BCUT2D eigenvalue weighted by Crippen LogP contribution is 2.48. The standard InChI is InChI=1S/C20H19N3O2/c24-19-16-17(14-8-3-1-4-9-14)21-12-7-13-22(21)18(16)20(25)23(19)15-10-5-2-6-11-15/h1-6,8-11,16-18H,7,12-13H2/t16-,17+,18-/m0/s1. The number of para-hydroxylation sites is 1. The molecule has 0 bridgehead atoms. The summed E-state index contributed by atoms with van der Waals surface area (Å²) in [4.78, 5) is 27.8. The Morgan fingerprint density at radius 3 is 2.00 bits per heavy atom. The van der Waals surface area contributed by atoms with Gasteiger partial charge in [-0.1, -0.05) is 48.5 Å². The Balaban J connectivity index is 1.60. The third-order valence-electron chi connectivity index (χ3n) is 5.56. The van der Waals surface area contributed by atoms with Gasteiger partial charge in [-0.3, -0.25) is 9.59 Å². The van der Waals surface area contributed by atoms with Crippen molar-refractivity contribution in [3.05, 3.63) is 66.2 Å². The van der Waals surface area contributed by atoms with Crippen molar-refractivity contribution in [2.75, 3.05) is 18.0 Å². The van der Waals surface area contributed by atoms with Crippen molar-refractivity contribution in [2.24, 2.45) is 5.92 Å². The van der Waals surface area contributed by atoms with E-state index in [4.69, 9.17) is 0 Å². The third-order valence-corrected chi connectivity index (χ3v) is 5.56. The zero-order valence-electron chi connectivity index (χ0n) is 13.8. The van der Waals surface area contributed by atoms with Crippen LogP contribution >= 0.6 is 0 Å².